The molecular weight excluding hydrogens is 240 g/mol. The molecule has 1 unspecified atom stereocenters. The maximum absolute atomic E-state index is 12.1. The van der Waals surface area contributed by atoms with Crippen LogP contribution in [0, 0.1) is 5.92 Å². The van der Waals surface area contributed by atoms with E-state index in [4.69, 9.17) is 10.5 Å². The summed E-state index contributed by atoms with van der Waals surface area (Å²) in [6.45, 7) is 5.12. The third-order valence-corrected chi connectivity index (χ3v) is 3.19. The fraction of sp³-hybridized carbons (Fsp3) is 0.533. The van der Waals surface area contributed by atoms with E-state index in [1.807, 2.05) is 24.3 Å². The van der Waals surface area contributed by atoms with Crippen LogP contribution < -0.4 is 11.1 Å². The first-order valence-corrected chi connectivity index (χ1v) is 6.63. The zero-order valence-electron chi connectivity index (χ0n) is 12.0. The fourth-order valence-corrected chi connectivity index (χ4v) is 1.94. The van der Waals surface area contributed by atoms with Crippen LogP contribution in [0.15, 0.2) is 24.3 Å². The molecule has 0 aliphatic carbocycles. The number of nitrogens with two attached hydrogens (primary N) is 1. The minimum absolute atomic E-state index is 0.0108. The predicted octanol–water partition coefficient (Wildman–Crippen LogP) is 1.47. The van der Waals surface area contributed by atoms with Crippen molar-refractivity contribution in [2.45, 2.75) is 32.9 Å². The molecule has 0 bridgehead atoms. The second kappa shape index (κ2) is 7.92. The van der Waals surface area contributed by atoms with Crippen molar-refractivity contribution in [1.82, 2.24) is 5.32 Å². The highest BCUT2D eigenvalue weighted by Crippen LogP contribution is 2.09. The van der Waals surface area contributed by atoms with Crippen LogP contribution >= 0.6 is 0 Å². The molecule has 0 spiro atoms. The van der Waals surface area contributed by atoms with Crippen molar-refractivity contribution in [1.29, 1.82) is 0 Å². The van der Waals surface area contributed by atoms with E-state index in [2.05, 4.69) is 19.2 Å². The summed E-state index contributed by atoms with van der Waals surface area (Å²) in [4.78, 5) is 12.1. The fourth-order valence-electron chi connectivity index (χ4n) is 1.94. The maximum atomic E-state index is 12.1. The van der Waals surface area contributed by atoms with Gasteiger partial charge in [0.2, 0.25) is 5.91 Å². The number of methoxy groups -OCH3 is 1. The Morgan fingerprint density at radius 2 is 1.95 bits per heavy atom. The van der Waals surface area contributed by atoms with Crippen LogP contribution in [0.1, 0.15) is 25.0 Å². The molecule has 19 heavy (non-hydrogen) atoms. The van der Waals surface area contributed by atoms with E-state index in [-0.39, 0.29) is 11.9 Å². The normalized spacial score (nSPS) is 12.5. The second-order valence-electron chi connectivity index (χ2n) is 5.02. The zero-order valence-corrected chi connectivity index (χ0v) is 12.0. The molecule has 0 fully saturated rings. The minimum atomic E-state index is 0.0108. The maximum Gasteiger partial charge on any atom is 0.224 e. The monoisotopic (exact) mass is 264 g/mol. The molecule has 4 nitrogen and oxygen atoms in total. The van der Waals surface area contributed by atoms with E-state index in [1.54, 1.807) is 7.11 Å². The first-order chi connectivity index (χ1) is 9.08. The van der Waals surface area contributed by atoms with Crippen molar-refractivity contribution in [3.8, 4) is 0 Å². The van der Waals surface area contributed by atoms with Gasteiger partial charge in [-0.1, -0.05) is 38.1 Å². The quantitative estimate of drug-likeness (QED) is 0.784. The Balaban J connectivity index is 2.63. The lowest BCUT2D eigenvalue weighted by atomic mass is 10.0. The van der Waals surface area contributed by atoms with Gasteiger partial charge in [0.1, 0.15) is 0 Å². The number of amides is 1. The number of ether oxygens (including phenoxy) is 1. The van der Waals surface area contributed by atoms with Crippen molar-refractivity contribution in [2.75, 3.05) is 13.7 Å². The second-order valence-corrected chi connectivity index (χ2v) is 5.02. The zero-order chi connectivity index (χ0) is 14.3. The first kappa shape index (κ1) is 15.7. The van der Waals surface area contributed by atoms with Gasteiger partial charge in [0, 0.05) is 13.7 Å². The Hall–Kier alpha value is -1.39. The van der Waals surface area contributed by atoms with E-state index >= 15 is 0 Å². The number of hydrogen-bond donors (Lipinski definition) is 2. The Morgan fingerprint density at radius 1 is 1.32 bits per heavy atom. The highest BCUT2D eigenvalue weighted by Gasteiger charge is 2.16. The Labute approximate surface area is 115 Å². The SMILES string of the molecule is COCC(NC(=O)Cc1ccccc1CN)C(C)C. The molecule has 1 atom stereocenters. The van der Waals surface area contributed by atoms with Crippen LogP contribution in [-0.2, 0) is 22.5 Å². The molecule has 0 aliphatic rings. The van der Waals surface area contributed by atoms with E-state index in [9.17, 15) is 4.79 Å². The molecular formula is C15H24N2O2. The molecule has 1 aromatic carbocycles. The first-order valence-electron chi connectivity index (χ1n) is 6.63. The van der Waals surface area contributed by atoms with Gasteiger partial charge in [0.25, 0.3) is 0 Å². The van der Waals surface area contributed by atoms with Gasteiger partial charge in [-0.2, -0.15) is 0 Å². The van der Waals surface area contributed by atoms with E-state index in [0.717, 1.165) is 11.1 Å². The van der Waals surface area contributed by atoms with Crippen molar-refractivity contribution in [2.24, 2.45) is 11.7 Å². The number of carbonyl (C=O) groups is 1. The Kier molecular flexibility index (Phi) is 6.53. The molecule has 1 rings (SSSR count). The van der Waals surface area contributed by atoms with E-state index < -0.39 is 0 Å². The molecule has 0 saturated heterocycles. The summed E-state index contributed by atoms with van der Waals surface area (Å²) in [5.41, 5.74) is 7.68. The number of nitrogens with one attached hydrogen (secondary N) is 1. The lowest BCUT2D eigenvalue weighted by Crippen LogP contribution is -2.42. The third kappa shape index (κ3) is 5.01. The van der Waals surface area contributed by atoms with Crippen LogP contribution in [0.3, 0.4) is 0 Å². The summed E-state index contributed by atoms with van der Waals surface area (Å²) in [5, 5.41) is 3.01. The highest BCUT2D eigenvalue weighted by molar-refractivity contribution is 5.79. The van der Waals surface area contributed by atoms with Crippen LogP contribution in [0.5, 0.6) is 0 Å². The van der Waals surface area contributed by atoms with Crippen LogP contribution in [0.2, 0.25) is 0 Å². The summed E-state index contributed by atoms with van der Waals surface area (Å²) in [5.74, 6) is 0.352. The molecule has 0 heterocycles. The van der Waals surface area contributed by atoms with Crippen molar-refractivity contribution in [3.63, 3.8) is 0 Å². The summed E-state index contributed by atoms with van der Waals surface area (Å²) in [6, 6.07) is 7.81. The molecule has 0 aromatic heterocycles. The Bertz CT molecular complexity index is 405. The predicted molar refractivity (Wildman–Crippen MR) is 76.7 cm³/mol. The number of carbonyl (C=O) groups excluding carboxylic acids is 1. The molecule has 1 amide bonds. The van der Waals surface area contributed by atoms with Crippen molar-refractivity contribution < 1.29 is 9.53 Å². The van der Waals surface area contributed by atoms with Crippen LogP contribution in [0.25, 0.3) is 0 Å². The topological polar surface area (TPSA) is 64.3 Å². The van der Waals surface area contributed by atoms with Crippen molar-refractivity contribution in [3.05, 3.63) is 35.4 Å². The Morgan fingerprint density at radius 3 is 2.47 bits per heavy atom. The van der Waals surface area contributed by atoms with Gasteiger partial charge in [-0.05, 0) is 17.0 Å². The van der Waals surface area contributed by atoms with Crippen LogP contribution in [-0.4, -0.2) is 25.7 Å². The van der Waals surface area contributed by atoms with E-state index in [0.29, 0.717) is 25.5 Å². The standard InChI is InChI=1S/C15H24N2O2/c1-11(2)14(10-19-3)17-15(18)8-12-6-4-5-7-13(12)9-16/h4-7,11,14H,8-10,16H2,1-3H3,(H,17,18). The molecule has 106 valence electrons. The molecule has 3 N–H and O–H groups in total. The van der Waals surface area contributed by atoms with Gasteiger partial charge in [-0.15, -0.1) is 0 Å². The minimum Gasteiger partial charge on any atom is -0.383 e. The van der Waals surface area contributed by atoms with Crippen molar-refractivity contribution >= 4 is 5.91 Å². The van der Waals surface area contributed by atoms with Crippen LogP contribution in [0.4, 0.5) is 0 Å². The number of hydrogen-bond acceptors (Lipinski definition) is 3. The molecule has 4 heteroatoms. The highest BCUT2D eigenvalue weighted by atomic mass is 16.5. The lowest BCUT2D eigenvalue weighted by Gasteiger charge is -2.21. The van der Waals surface area contributed by atoms with Gasteiger partial charge in [-0.3, -0.25) is 4.79 Å². The average molecular weight is 264 g/mol. The lowest BCUT2D eigenvalue weighted by molar-refractivity contribution is -0.121. The van der Waals surface area contributed by atoms with Gasteiger partial charge in [0.05, 0.1) is 19.1 Å². The average Bonchev–Trinajstić information content (AvgIpc) is 2.38. The molecule has 0 radical (unpaired) electrons. The molecule has 0 saturated carbocycles. The van der Waals surface area contributed by atoms with E-state index in [1.165, 1.54) is 0 Å². The summed E-state index contributed by atoms with van der Waals surface area (Å²) in [6.07, 6.45) is 0.361. The van der Waals surface area contributed by atoms with Gasteiger partial charge in [0.15, 0.2) is 0 Å². The van der Waals surface area contributed by atoms with Gasteiger partial charge in [-0.25, -0.2) is 0 Å². The van der Waals surface area contributed by atoms with Gasteiger partial charge < -0.3 is 15.8 Å². The summed E-state index contributed by atoms with van der Waals surface area (Å²) >= 11 is 0. The number of rotatable bonds is 7. The summed E-state index contributed by atoms with van der Waals surface area (Å²) < 4.78 is 5.13. The third-order valence-electron chi connectivity index (χ3n) is 3.19. The van der Waals surface area contributed by atoms with Gasteiger partial charge >= 0.3 is 0 Å². The molecule has 0 aliphatic heterocycles. The smallest absolute Gasteiger partial charge is 0.224 e. The molecule has 1 aromatic rings. The largest absolute Gasteiger partial charge is 0.383 e. The summed E-state index contributed by atoms with van der Waals surface area (Å²) in [7, 11) is 1.64. The number of benzene rings is 1.